The molecule has 2 saturated heterocycles. The maximum Gasteiger partial charge on any atom is 0.306 e. The van der Waals surface area contributed by atoms with Gasteiger partial charge in [0.1, 0.15) is 23.4 Å². The van der Waals surface area contributed by atoms with Crippen molar-refractivity contribution >= 4 is 11.9 Å². The topological polar surface area (TPSA) is 89.7 Å². The Hall–Kier alpha value is -1.44. The lowest BCUT2D eigenvalue weighted by Gasteiger charge is -2.42. The normalized spacial score (nSPS) is 38.8. The van der Waals surface area contributed by atoms with Crippen LogP contribution in [0.3, 0.4) is 0 Å². The van der Waals surface area contributed by atoms with Gasteiger partial charge in [0.05, 0.1) is 18.6 Å². The Morgan fingerprint density at radius 1 is 1.16 bits per heavy atom. The first kappa shape index (κ1) is 28.6. The number of nitrogens with one attached hydrogen (secondary N) is 1. The fraction of sp³-hybridized carbons (Fsp3) is 0.867. The lowest BCUT2D eigenvalue weighted by atomic mass is 9.68. The van der Waals surface area contributed by atoms with Crippen molar-refractivity contribution in [1.29, 1.82) is 0 Å². The van der Waals surface area contributed by atoms with Gasteiger partial charge in [0.15, 0.2) is 0 Å². The highest BCUT2D eigenvalue weighted by Crippen LogP contribution is 2.59. The zero-order chi connectivity index (χ0) is 26.8. The first-order valence-electron chi connectivity index (χ1n) is 14.5. The molecule has 212 valence electrons. The lowest BCUT2D eigenvalue weighted by molar-refractivity contribution is -0.173. The van der Waals surface area contributed by atoms with Crippen molar-refractivity contribution in [1.82, 2.24) is 5.32 Å². The van der Waals surface area contributed by atoms with E-state index in [4.69, 9.17) is 18.9 Å². The molecule has 7 nitrogen and oxygen atoms in total. The van der Waals surface area contributed by atoms with E-state index in [1.54, 1.807) is 7.11 Å². The quantitative estimate of drug-likeness (QED) is 0.224. The molecular weight excluding hydrogens is 470 g/mol. The van der Waals surface area contributed by atoms with Gasteiger partial charge in [-0.1, -0.05) is 25.5 Å². The number of ether oxygens (including phenoxy) is 4. The second-order valence-corrected chi connectivity index (χ2v) is 12.8. The van der Waals surface area contributed by atoms with Gasteiger partial charge in [0.25, 0.3) is 0 Å². The van der Waals surface area contributed by atoms with E-state index in [0.29, 0.717) is 24.7 Å². The monoisotopic (exact) mass is 521 g/mol. The van der Waals surface area contributed by atoms with Crippen molar-refractivity contribution in [2.45, 2.75) is 134 Å². The Balaban J connectivity index is 0.00000400. The number of carbonyl (C=O) groups excluding carboxylic acids is 2. The molecule has 0 bridgehead atoms. The van der Waals surface area contributed by atoms with Gasteiger partial charge in [-0.15, -0.1) is 0 Å². The zero-order valence-corrected chi connectivity index (χ0v) is 23.8. The van der Waals surface area contributed by atoms with Crippen molar-refractivity contribution in [3.8, 4) is 0 Å². The molecular formula is C30H51NO6. The minimum Gasteiger partial charge on any atom is -0.460 e. The average Bonchev–Trinajstić information content (AvgIpc) is 3.76. The minimum atomic E-state index is -0.327. The van der Waals surface area contributed by atoms with Crippen LogP contribution in [0.5, 0.6) is 0 Å². The fourth-order valence-electron chi connectivity index (χ4n) is 6.75. The van der Waals surface area contributed by atoms with Gasteiger partial charge in [0, 0.05) is 27.4 Å². The van der Waals surface area contributed by atoms with Crippen molar-refractivity contribution in [3.63, 3.8) is 0 Å². The summed E-state index contributed by atoms with van der Waals surface area (Å²) in [5.41, 5.74) is 0.749. The number of amides is 1. The Kier molecular flexibility index (Phi) is 9.07. The maximum atomic E-state index is 13.0. The van der Waals surface area contributed by atoms with Crippen LogP contribution in [0.15, 0.2) is 11.6 Å². The third-order valence-corrected chi connectivity index (χ3v) is 9.14. The summed E-state index contributed by atoms with van der Waals surface area (Å²) in [6.07, 6.45) is 10.1. The lowest BCUT2D eigenvalue weighted by Crippen LogP contribution is -2.55. The smallest absolute Gasteiger partial charge is 0.306 e. The Labute approximate surface area is 224 Å². The molecule has 4 aliphatic rings. The highest BCUT2D eigenvalue weighted by Gasteiger charge is 2.72. The molecule has 2 saturated carbocycles. The van der Waals surface area contributed by atoms with Crippen LogP contribution in [0.1, 0.15) is 100 Å². The third-order valence-electron chi connectivity index (χ3n) is 9.14. The van der Waals surface area contributed by atoms with Crippen LogP contribution < -0.4 is 5.32 Å². The number of carbonyl (C=O) groups is 2. The van der Waals surface area contributed by atoms with Crippen LogP contribution >= 0.6 is 0 Å². The van der Waals surface area contributed by atoms with E-state index >= 15 is 0 Å². The van der Waals surface area contributed by atoms with Crippen molar-refractivity contribution in [3.05, 3.63) is 11.6 Å². The highest BCUT2D eigenvalue weighted by molar-refractivity contribution is 5.76. The summed E-state index contributed by atoms with van der Waals surface area (Å²) < 4.78 is 24.4. The van der Waals surface area contributed by atoms with Crippen molar-refractivity contribution < 1.29 is 30.0 Å². The predicted molar refractivity (Wildman–Crippen MR) is 144 cm³/mol. The molecule has 0 radical (unpaired) electrons. The highest BCUT2D eigenvalue weighted by atomic mass is 16.6. The van der Waals surface area contributed by atoms with Crippen molar-refractivity contribution in [2.75, 3.05) is 13.7 Å². The SMILES string of the molecule is COC1C(OC(=O)CC2CCC(NC(=O)CCC(C)C)CC2)CC[C@]2(CO2)C1[C@]1(C)O[C@@H]1CC=C(C)C.[HH]. The molecule has 4 fully saturated rings. The first-order valence-corrected chi connectivity index (χ1v) is 14.5. The number of hydrogen-bond acceptors (Lipinski definition) is 6. The zero-order valence-electron chi connectivity index (χ0n) is 23.8. The second kappa shape index (κ2) is 11.7. The molecule has 4 rings (SSSR count). The van der Waals surface area contributed by atoms with Crippen molar-refractivity contribution in [2.24, 2.45) is 17.8 Å². The number of allylic oxidation sites excluding steroid dienone is 1. The Morgan fingerprint density at radius 3 is 2.46 bits per heavy atom. The summed E-state index contributed by atoms with van der Waals surface area (Å²) in [4.78, 5) is 25.2. The van der Waals surface area contributed by atoms with E-state index < -0.39 is 0 Å². The molecule has 37 heavy (non-hydrogen) atoms. The molecule has 1 amide bonds. The number of rotatable bonds is 11. The molecule has 2 aliphatic carbocycles. The Morgan fingerprint density at radius 2 is 1.86 bits per heavy atom. The van der Waals surface area contributed by atoms with Crippen LogP contribution in [0.4, 0.5) is 0 Å². The van der Waals surface area contributed by atoms with E-state index in [0.717, 1.165) is 58.0 Å². The summed E-state index contributed by atoms with van der Waals surface area (Å²) in [6, 6.07) is 0.234. The van der Waals surface area contributed by atoms with E-state index in [1.807, 2.05) is 0 Å². The van der Waals surface area contributed by atoms with Gasteiger partial charge < -0.3 is 24.3 Å². The third kappa shape index (κ3) is 6.96. The van der Waals surface area contributed by atoms with Gasteiger partial charge in [-0.25, -0.2) is 0 Å². The molecule has 0 aromatic carbocycles. The van der Waals surface area contributed by atoms with Gasteiger partial charge in [-0.2, -0.15) is 0 Å². The standard InChI is InChI=1S/C30H49NO6.H2/c1-19(2)7-13-24-29(5,37-24)28-27(34-6)23(15-16-30(28)18-35-30)36-26(33)17-21-9-11-22(12-10-21)31-25(32)14-8-20(3)4;/h7,20-24,27-28H,8-18H2,1-6H3,(H,31,32);1H/t21?,22?,23?,24-,27?,28?,29-,30+;/m1./s1. The molecule has 1 N–H and O–H groups in total. The van der Waals surface area contributed by atoms with Crippen LogP contribution in [0.25, 0.3) is 0 Å². The first-order chi connectivity index (χ1) is 17.6. The van der Waals surface area contributed by atoms with E-state index in [9.17, 15) is 9.59 Å². The minimum absolute atomic E-state index is 0. The molecule has 7 heteroatoms. The van der Waals surface area contributed by atoms with E-state index in [-0.39, 0.29) is 54.8 Å². The summed E-state index contributed by atoms with van der Waals surface area (Å²) in [6.45, 7) is 11.4. The average molecular weight is 522 g/mol. The van der Waals surface area contributed by atoms with Crippen LogP contribution in [0.2, 0.25) is 0 Å². The second-order valence-electron chi connectivity index (χ2n) is 12.8. The molecule has 0 aromatic rings. The molecule has 2 aliphatic heterocycles. The predicted octanol–water partition coefficient (Wildman–Crippen LogP) is 5.35. The fourth-order valence-corrected chi connectivity index (χ4v) is 6.75. The number of esters is 1. The summed E-state index contributed by atoms with van der Waals surface area (Å²) in [5, 5.41) is 3.19. The van der Waals surface area contributed by atoms with Gasteiger partial charge in [0.2, 0.25) is 5.91 Å². The van der Waals surface area contributed by atoms with Gasteiger partial charge >= 0.3 is 5.97 Å². The largest absolute Gasteiger partial charge is 0.460 e. The van der Waals surface area contributed by atoms with E-state index in [1.165, 1.54) is 5.57 Å². The Bertz CT molecular complexity index is 846. The number of methoxy groups -OCH3 is 1. The molecule has 0 aromatic heterocycles. The number of hydrogen-bond donors (Lipinski definition) is 1. The summed E-state index contributed by atoms with van der Waals surface area (Å²) in [5.74, 6) is 0.915. The van der Waals surface area contributed by atoms with Crippen LogP contribution in [0, 0.1) is 17.8 Å². The van der Waals surface area contributed by atoms with Crippen LogP contribution in [-0.4, -0.2) is 61.1 Å². The maximum absolute atomic E-state index is 13.0. The summed E-state index contributed by atoms with van der Waals surface area (Å²) >= 11 is 0. The molecule has 3 unspecified atom stereocenters. The van der Waals surface area contributed by atoms with Gasteiger partial charge in [-0.05, 0) is 84.0 Å². The van der Waals surface area contributed by atoms with Gasteiger partial charge in [-0.3, -0.25) is 9.59 Å². The molecule has 2 heterocycles. The molecule has 1 spiro atoms. The summed E-state index contributed by atoms with van der Waals surface area (Å²) in [7, 11) is 1.72. The van der Waals surface area contributed by atoms with E-state index in [2.05, 4.69) is 46.0 Å². The molecule has 6 atom stereocenters. The van der Waals surface area contributed by atoms with Crippen LogP contribution in [-0.2, 0) is 28.5 Å². The number of epoxide rings is 2.